The Hall–Kier alpha value is -3.34. The molecule has 0 bridgehead atoms. The lowest BCUT2D eigenvalue weighted by Crippen LogP contribution is -2.29. The second-order valence-corrected chi connectivity index (χ2v) is 8.14. The van der Waals surface area contributed by atoms with E-state index in [-0.39, 0.29) is 23.4 Å². The zero-order chi connectivity index (χ0) is 20.8. The summed E-state index contributed by atoms with van der Waals surface area (Å²) in [5.41, 5.74) is 6.54. The highest BCUT2D eigenvalue weighted by Crippen LogP contribution is 2.49. The molecular formula is C25H24N2O3. The molecule has 2 aromatic carbocycles. The molecule has 0 fully saturated rings. The molecule has 2 atom stereocenters. The second-order valence-electron chi connectivity index (χ2n) is 8.14. The van der Waals surface area contributed by atoms with E-state index in [1.165, 1.54) is 5.56 Å². The minimum atomic E-state index is -0.189. The molecule has 0 unspecified atom stereocenters. The van der Waals surface area contributed by atoms with Gasteiger partial charge in [0.2, 0.25) is 5.88 Å². The third-order valence-corrected chi connectivity index (χ3v) is 6.36. The van der Waals surface area contributed by atoms with Crippen molar-refractivity contribution in [3.63, 3.8) is 0 Å². The number of rotatable bonds is 3. The van der Waals surface area contributed by atoms with Crippen molar-refractivity contribution < 1.29 is 14.4 Å². The van der Waals surface area contributed by atoms with Crippen LogP contribution < -0.4 is 5.32 Å². The van der Waals surface area contributed by atoms with Gasteiger partial charge in [0.25, 0.3) is 0 Å². The summed E-state index contributed by atoms with van der Waals surface area (Å²) in [6.45, 7) is 4.05. The minimum Gasteiger partial charge on any atom is -0.508 e. The number of benzene rings is 2. The maximum Gasteiger partial charge on any atom is 0.233 e. The molecular weight excluding hydrogens is 376 g/mol. The normalized spacial score (nSPS) is 20.5. The quantitative estimate of drug-likeness (QED) is 0.631. The number of allylic oxidation sites excluding steroid dienone is 2. The number of Topliss-reactive ketones (excluding diaryl/α,β-unsaturated/α-hetero) is 1. The van der Waals surface area contributed by atoms with E-state index in [1.54, 1.807) is 12.1 Å². The molecule has 152 valence electrons. The number of aromatic nitrogens is 1. The molecule has 5 nitrogen and oxygen atoms in total. The Morgan fingerprint density at radius 1 is 1.13 bits per heavy atom. The molecule has 2 heterocycles. The van der Waals surface area contributed by atoms with Crippen molar-refractivity contribution in [1.82, 2.24) is 5.16 Å². The van der Waals surface area contributed by atoms with Gasteiger partial charge in [-0.25, -0.2) is 0 Å². The van der Waals surface area contributed by atoms with Gasteiger partial charge in [0.1, 0.15) is 5.75 Å². The topological polar surface area (TPSA) is 75.4 Å². The fourth-order valence-electron chi connectivity index (χ4n) is 4.80. The van der Waals surface area contributed by atoms with Crippen molar-refractivity contribution in [2.24, 2.45) is 0 Å². The lowest BCUT2D eigenvalue weighted by molar-refractivity contribution is -0.116. The first-order valence-corrected chi connectivity index (χ1v) is 10.4. The Bertz CT molecular complexity index is 1160. The first-order valence-electron chi connectivity index (χ1n) is 10.4. The van der Waals surface area contributed by atoms with Crippen LogP contribution in [0.2, 0.25) is 0 Å². The molecule has 1 aliphatic heterocycles. The van der Waals surface area contributed by atoms with E-state index in [1.807, 2.05) is 19.1 Å². The molecule has 1 aliphatic carbocycles. The molecule has 2 N–H and O–H groups in total. The van der Waals surface area contributed by atoms with E-state index < -0.39 is 0 Å². The number of carbonyl (C=O) groups excluding carboxylic acids is 1. The largest absolute Gasteiger partial charge is 0.508 e. The van der Waals surface area contributed by atoms with Crippen LogP contribution in [0, 0.1) is 6.92 Å². The summed E-state index contributed by atoms with van der Waals surface area (Å²) in [6.07, 6.45) is 1.99. The number of hydrogen-bond donors (Lipinski definition) is 2. The smallest absolute Gasteiger partial charge is 0.233 e. The molecule has 5 rings (SSSR count). The van der Waals surface area contributed by atoms with E-state index >= 15 is 0 Å². The fourth-order valence-corrected chi connectivity index (χ4v) is 4.80. The van der Waals surface area contributed by atoms with Crippen molar-refractivity contribution in [2.45, 2.75) is 44.9 Å². The van der Waals surface area contributed by atoms with E-state index in [9.17, 15) is 9.90 Å². The predicted octanol–water partition coefficient (Wildman–Crippen LogP) is 5.21. The highest BCUT2D eigenvalue weighted by Gasteiger charge is 2.41. The summed E-state index contributed by atoms with van der Waals surface area (Å²) in [7, 11) is 0. The fraction of sp³-hybridized carbons (Fsp3) is 0.280. The Morgan fingerprint density at radius 3 is 2.63 bits per heavy atom. The summed E-state index contributed by atoms with van der Waals surface area (Å²) in [6, 6.07) is 15.7. The average molecular weight is 400 g/mol. The van der Waals surface area contributed by atoms with Gasteiger partial charge in [0, 0.05) is 29.5 Å². The van der Waals surface area contributed by atoms with Gasteiger partial charge in [-0.15, -0.1) is 0 Å². The van der Waals surface area contributed by atoms with Crippen molar-refractivity contribution >= 4 is 11.7 Å². The molecule has 0 saturated carbocycles. The lowest BCUT2D eigenvalue weighted by atomic mass is 9.72. The van der Waals surface area contributed by atoms with Gasteiger partial charge in [-0.05, 0) is 42.5 Å². The second kappa shape index (κ2) is 7.17. The van der Waals surface area contributed by atoms with Crippen LogP contribution in [0.5, 0.6) is 5.75 Å². The number of nitrogens with one attached hydrogen (secondary N) is 1. The van der Waals surface area contributed by atoms with Crippen LogP contribution in [-0.4, -0.2) is 16.0 Å². The number of phenolic OH excluding ortho intramolecular Hbond substituents is 1. The summed E-state index contributed by atoms with van der Waals surface area (Å²) >= 11 is 0. The molecule has 0 amide bonds. The van der Waals surface area contributed by atoms with Gasteiger partial charge in [0.15, 0.2) is 5.78 Å². The summed E-state index contributed by atoms with van der Waals surface area (Å²) in [5.74, 6) is 0.692. The van der Waals surface area contributed by atoms with Crippen LogP contribution in [0.1, 0.15) is 59.5 Å². The number of ketones is 1. The van der Waals surface area contributed by atoms with E-state index in [2.05, 4.69) is 41.7 Å². The number of carbonyl (C=O) groups is 1. The molecule has 0 saturated heterocycles. The van der Waals surface area contributed by atoms with Crippen molar-refractivity contribution in [1.29, 1.82) is 0 Å². The number of fused-ring (bicyclic) bond motifs is 1. The Labute approximate surface area is 175 Å². The molecule has 2 aliphatic rings. The van der Waals surface area contributed by atoms with E-state index in [0.717, 1.165) is 40.1 Å². The third kappa shape index (κ3) is 2.93. The number of hydrogen-bond acceptors (Lipinski definition) is 5. The predicted molar refractivity (Wildman–Crippen MR) is 115 cm³/mol. The van der Waals surface area contributed by atoms with Crippen LogP contribution in [0.15, 0.2) is 64.3 Å². The third-order valence-electron chi connectivity index (χ3n) is 6.36. The SMILES string of the molecule is CCc1ccc([C@@H]2C3=C(C[C@@H](c4ccccc4O)CC3=O)Nc3onc(C)c32)cc1. The number of nitrogens with zero attached hydrogens (tertiary/aromatic N) is 1. The van der Waals surface area contributed by atoms with Crippen molar-refractivity contribution in [3.05, 3.63) is 87.7 Å². The van der Waals surface area contributed by atoms with Crippen molar-refractivity contribution in [3.8, 4) is 5.75 Å². The average Bonchev–Trinajstić information content (AvgIpc) is 3.13. The van der Waals surface area contributed by atoms with Crippen LogP contribution in [-0.2, 0) is 11.2 Å². The number of anilines is 1. The number of aryl methyl sites for hydroxylation is 2. The number of para-hydroxylation sites is 1. The minimum absolute atomic E-state index is 0.0707. The summed E-state index contributed by atoms with van der Waals surface area (Å²) in [4.78, 5) is 13.4. The van der Waals surface area contributed by atoms with Gasteiger partial charge in [-0.2, -0.15) is 0 Å². The molecule has 0 spiro atoms. The lowest BCUT2D eigenvalue weighted by Gasteiger charge is -2.34. The molecule has 3 aromatic rings. The zero-order valence-corrected chi connectivity index (χ0v) is 17.1. The van der Waals surface area contributed by atoms with Crippen LogP contribution in [0.4, 0.5) is 5.88 Å². The first kappa shape index (κ1) is 18.7. The molecule has 1 aromatic heterocycles. The van der Waals surface area contributed by atoms with Gasteiger partial charge in [-0.1, -0.05) is 54.5 Å². The van der Waals surface area contributed by atoms with Crippen molar-refractivity contribution in [2.75, 3.05) is 5.32 Å². The standard InChI is InChI=1S/C25H24N2O3/c1-3-15-8-10-16(11-9-15)23-22-14(2)27-30-25(22)26-19-12-17(13-21(29)24(19)23)18-6-4-5-7-20(18)28/h4-11,17,23,26,28H,3,12-13H2,1-2H3/t17-,23+/m1/s1. The molecule has 5 heteroatoms. The van der Waals surface area contributed by atoms with Gasteiger partial charge in [0.05, 0.1) is 11.3 Å². The Morgan fingerprint density at radius 2 is 1.90 bits per heavy atom. The number of phenols is 1. The van der Waals surface area contributed by atoms with Crippen LogP contribution >= 0.6 is 0 Å². The van der Waals surface area contributed by atoms with Gasteiger partial charge >= 0.3 is 0 Å². The first-order chi connectivity index (χ1) is 14.6. The van der Waals surface area contributed by atoms with E-state index in [0.29, 0.717) is 18.7 Å². The van der Waals surface area contributed by atoms with E-state index in [4.69, 9.17) is 4.52 Å². The van der Waals surface area contributed by atoms with Crippen LogP contribution in [0.25, 0.3) is 0 Å². The molecule has 30 heavy (non-hydrogen) atoms. The molecule has 0 radical (unpaired) electrons. The zero-order valence-electron chi connectivity index (χ0n) is 17.1. The monoisotopic (exact) mass is 400 g/mol. The van der Waals surface area contributed by atoms with Gasteiger partial charge < -0.3 is 14.9 Å². The maximum absolute atomic E-state index is 13.4. The maximum atomic E-state index is 13.4. The Kier molecular flexibility index (Phi) is 4.46. The Balaban J connectivity index is 1.61. The highest BCUT2D eigenvalue weighted by atomic mass is 16.5. The van der Waals surface area contributed by atoms with Crippen LogP contribution in [0.3, 0.4) is 0 Å². The summed E-state index contributed by atoms with van der Waals surface area (Å²) in [5, 5.41) is 17.8. The summed E-state index contributed by atoms with van der Waals surface area (Å²) < 4.78 is 5.58. The van der Waals surface area contributed by atoms with Gasteiger partial charge in [-0.3, -0.25) is 4.79 Å². The highest BCUT2D eigenvalue weighted by molar-refractivity contribution is 6.01. The number of aromatic hydroxyl groups is 1.